The van der Waals surface area contributed by atoms with Gasteiger partial charge in [-0.25, -0.2) is 8.42 Å². The van der Waals surface area contributed by atoms with Crippen molar-refractivity contribution in [3.05, 3.63) is 0 Å². The summed E-state index contributed by atoms with van der Waals surface area (Å²) in [5.74, 6) is -0.125. The second-order valence-electron chi connectivity index (χ2n) is 6.39. The van der Waals surface area contributed by atoms with E-state index in [1.54, 1.807) is 0 Å². The molecule has 0 amide bonds. The summed E-state index contributed by atoms with van der Waals surface area (Å²) in [6.07, 6.45) is 4.53. The first kappa shape index (κ1) is 16.6. The summed E-state index contributed by atoms with van der Waals surface area (Å²) >= 11 is 0. The zero-order valence-corrected chi connectivity index (χ0v) is 13.3. The van der Waals surface area contributed by atoms with Gasteiger partial charge in [-0.1, -0.05) is 13.8 Å². The van der Waals surface area contributed by atoms with Crippen LogP contribution in [0.5, 0.6) is 0 Å². The first-order valence-electron chi connectivity index (χ1n) is 6.95. The molecule has 1 fully saturated rings. The van der Waals surface area contributed by atoms with Gasteiger partial charge in [-0.15, -0.1) is 0 Å². The fourth-order valence-electron chi connectivity index (χ4n) is 2.62. The standard InChI is InChI=1S/C14H26O4S/c1-5-18-14(9-7-13(2,3)8-10-14)12(15)6-11-19(4,16)17/h5-11H2,1-4H3. The predicted molar refractivity (Wildman–Crippen MR) is 75.9 cm³/mol. The second kappa shape index (κ2) is 5.92. The van der Waals surface area contributed by atoms with Gasteiger partial charge in [0.1, 0.15) is 15.4 Å². The van der Waals surface area contributed by atoms with Crippen LogP contribution in [0.25, 0.3) is 0 Å². The van der Waals surface area contributed by atoms with E-state index in [2.05, 4.69) is 13.8 Å². The zero-order chi connectivity index (χ0) is 14.7. The van der Waals surface area contributed by atoms with Crippen molar-refractivity contribution in [1.29, 1.82) is 0 Å². The molecule has 112 valence electrons. The van der Waals surface area contributed by atoms with Crippen molar-refractivity contribution in [3.8, 4) is 0 Å². The number of carbonyl (C=O) groups excluding carboxylic acids is 1. The number of Topliss-reactive ketones (excluding diaryl/α,β-unsaturated/α-hetero) is 1. The molecule has 1 aliphatic rings. The van der Waals surface area contributed by atoms with Crippen molar-refractivity contribution in [3.63, 3.8) is 0 Å². The summed E-state index contributed by atoms with van der Waals surface area (Å²) in [7, 11) is -3.10. The van der Waals surface area contributed by atoms with Crippen LogP contribution >= 0.6 is 0 Å². The molecule has 0 N–H and O–H groups in total. The van der Waals surface area contributed by atoms with E-state index in [1.807, 2.05) is 6.92 Å². The Morgan fingerprint density at radius 2 is 1.68 bits per heavy atom. The summed E-state index contributed by atoms with van der Waals surface area (Å²) in [6.45, 7) is 6.77. The molecule has 0 bridgehead atoms. The highest BCUT2D eigenvalue weighted by molar-refractivity contribution is 7.90. The quantitative estimate of drug-likeness (QED) is 0.753. The number of carbonyl (C=O) groups is 1. The van der Waals surface area contributed by atoms with Crippen LogP contribution in [0.15, 0.2) is 0 Å². The molecule has 0 aromatic carbocycles. The smallest absolute Gasteiger partial charge is 0.165 e. The van der Waals surface area contributed by atoms with Crippen molar-refractivity contribution >= 4 is 15.6 Å². The molecular formula is C14H26O4S. The SMILES string of the molecule is CCOC1(C(=O)CCS(C)(=O)=O)CCC(C)(C)CC1. The number of ether oxygens (including phenoxy) is 1. The van der Waals surface area contributed by atoms with Crippen LogP contribution in [0.1, 0.15) is 52.9 Å². The van der Waals surface area contributed by atoms with Gasteiger partial charge < -0.3 is 4.74 Å². The van der Waals surface area contributed by atoms with Crippen LogP contribution in [-0.4, -0.2) is 38.4 Å². The molecule has 0 unspecified atom stereocenters. The van der Waals surface area contributed by atoms with Gasteiger partial charge in [-0.2, -0.15) is 0 Å². The maximum atomic E-state index is 12.4. The van der Waals surface area contributed by atoms with Crippen molar-refractivity contribution in [2.45, 2.75) is 58.5 Å². The minimum Gasteiger partial charge on any atom is -0.368 e. The molecule has 0 aromatic rings. The normalized spacial score (nSPS) is 22.1. The zero-order valence-electron chi connectivity index (χ0n) is 12.5. The lowest BCUT2D eigenvalue weighted by atomic mass is 9.69. The van der Waals surface area contributed by atoms with Crippen molar-refractivity contribution < 1.29 is 17.9 Å². The van der Waals surface area contributed by atoms with E-state index in [1.165, 1.54) is 0 Å². The third-order valence-corrected chi connectivity index (χ3v) is 4.99. The van der Waals surface area contributed by atoms with Crippen LogP contribution in [0.3, 0.4) is 0 Å². The van der Waals surface area contributed by atoms with Crippen LogP contribution in [0, 0.1) is 5.41 Å². The molecule has 1 rings (SSSR count). The van der Waals surface area contributed by atoms with Gasteiger partial charge in [0.25, 0.3) is 0 Å². The number of hydrogen-bond acceptors (Lipinski definition) is 4. The fourth-order valence-corrected chi connectivity index (χ4v) is 3.17. The lowest BCUT2D eigenvalue weighted by Crippen LogP contribution is -2.47. The second-order valence-corrected chi connectivity index (χ2v) is 8.65. The van der Waals surface area contributed by atoms with E-state index >= 15 is 0 Å². The highest BCUT2D eigenvalue weighted by Gasteiger charge is 2.44. The molecule has 0 radical (unpaired) electrons. The molecule has 1 saturated carbocycles. The van der Waals surface area contributed by atoms with Crippen LogP contribution in [-0.2, 0) is 19.4 Å². The maximum absolute atomic E-state index is 12.4. The van der Waals surface area contributed by atoms with Crippen LogP contribution < -0.4 is 0 Å². The minimum absolute atomic E-state index is 0.0460. The van der Waals surface area contributed by atoms with E-state index in [0.717, 1.165) is 19.1 Å². The maximum Gasteiger partial charge on any atom is 0.165 e. The Kier molecular flexibility index (Phi) is 5.18. The Bertz CT molecular complexity index is 413. The summed E-state index contributed by atoms with van der Waals surface area (Å²) in [5.41, 5.74) is -0.493. The fraction of sp³-hybridized carbons (Fsp3) is 0.929. The van der Waals surface area contributed by atoms with Crippen LogP contribution in [0.2, 0.25) is 0 Å². The minimum atomic E-state index is -3.10. The molecule has 5 heteroatoms. The Balaban J connectivity index is 2.74. The topological polar surface area (TPSA) is 60.4 Å². The lowest BCUT2D eigenvalue weighted by molar-refractivity contribution is -0.151. The lowest BCUT2D eigenvalue weighted by Gasteiger charge is -2.42. The van der Waals surface area contributed by atoms with Crippen molar-refractivity contribution in [1.82, 2.24) is 0 Å². The molecule has 0 aliphatic heterocycles. The van der Waals surface area contributed by atoms with E-state index in [4.69, 9.17) is 4.74 Å². The largest absolute Gasteiger partial charge is 0.368 e. The van der Waals surface area contributed by atoms with E-state index in [9.17, 15) is 13.2 Å². The monoisotopic (exact) mass is 290 g/mol. The average molecular weight is 290 g/mol. The Morgan fingerprint density at radius 1 is 1.16 bits per heavy atom. The number of ketones is 1. The van der Waals surface area contributed by atoms with Gasteiger partial charge in [-0.05, 0) is 38.0 Å². The Morgan fingerprint density at radius 3 is 2.11 bits per heavy atom. The Labute approximate surface area is 116 Å². The molecule has 0 aromatic heterocycles. The van der Waals surface area contributed by atoms with Gasteiger partial charge in [0.15, 0.2) is 5.78 Å². The van der Waals surface area contributed by atoms with Crippen molar-refractivity contribution in [2.24, 2.45) is 5.41 Å². The summed E-state index contributed by atoms with van der Waals surface area (Å²) < 4.78 is 28.1. The molecule has 0 spiro atoms. The Hall–Kier alpha value is -0.420. The predicted octanol–water partition coefficient (Wildman–Crippen LogP) is 2.37. The number of hydrogen-bond donors (Lipinski definition) is 0. The highest BCUT2D eigenvalue weighted by atomic mass is 32.2. The third-order valence-electron chi connectivity index (χ3n) is 4.04. The van der Waals surface area contributed by atoms with Gasteiger partial charge in [0, 0.05) is 19.3 Å². The van der Waals surface area contributed by atoms with Gasteiger partial charge in [-0.3, -0.25) is 4.79 Å². The third kappa shape index (κ3) is 4.88. The summed E-state index contributed by atoms with van der Waals surface area (Å²) in [5, 5.41) is 0. The van der Waals surface area contributed by atoms with Crippen molar-refractivity contribution in [2.75, 3.05) is 18.6 Å². The summed E-state index contributed by atoms with van der Waals surface area (Å²) in [4.78, 5) is 12.4. The molecule has 0 atom stereocenters. The number of sulfone groups is 1. The van der Waals surface area contributed by atoms with E-state index < -0.39 is 15.4 Å². The highest BCUT2D eigenvalue weighted by Crippen LogP contribution is 2.42. The first-order valence-corrected chi connectivity index (χ1v) is 9.01. The molecule has 0 saturated heterocycles. The first-order chi connectivity index (χ1) is 8.60. The van der Waals surface area contributed by atoms with Gasteiger partial charge in [0.05, 0.1) is 5.75 Å². The van der Waals surface area contributed by atoms with E-state index in [-0.39, 0.29) is 23.4 Å². The molecule has 19 heavy (non-hydrogen) atoms. The van der Waals surface area contributed by atoms with Gasteiger partial charge >= 0.3 is 0 Å². The molecular weight excluding hydrogens is 264 g/mol. The molecule has 1 aliphatic carbocycles. The molecule has 0 heterocycles. The van der Waals surface area contributed by atoms with Crippen LogP contribution in [0.4, 0.5) is 0 Å². The molecule has 4 nitrogen and oxygen atoms in total. The average Bonchev–Trinajstić information content (AvgIpc) is 2.28. The summed E-state index contributed by atoms with van der Waals surface area (Å²) in [6, 6.07) is 0. The van der Waals surface area contributed by atoms with Gasteiger partial charge in [0.2, 0.25) is 0 Å². The number of rotatable bonds is 6. The van der Waals surface area contributed by atoms with E-state index in [0.29, 0.717) is 19.4 Å².